The quantitative estimate of drug-likeness (QED) is 0.315. The van der Waals surface area contributed by atoms with Gasteiger partial charge in [0.05, 0.1) is 12.1 Å². The number of amides is 5. The van der Waals surface area contributed by atoms with Gasteiger partial charge in [-0.15, -0.1) is 0 Å². The van der Waals surface area contributed by atoms with Gasteiger partial charge in [0, 0.05) is 25.7 Å². The zero-order valence-electron chi connectivity index (χ0n) is 21.3. The highest BCUT2D eigenvalue weighted by Gasteiger charge is 2.34. The van der Waals surface area contributed by atoms with Crippen LogP contribution in [0.15, 0.2) is 0 Å². The molecular weight excluding hydrogens is 458 g/mol. The van der Waals surface area contributed by atoms with Crippen LogP contribution in [0.2, 0.25) is 0 Å². The summed E-state index contributed by atoms with van der Waals surface area (Å²) in [5.74, 6) is -4.91. The number of nitrogens with one attached hydrogen (secondary N) is 5. The molecule has 12 nitrogen and oxygen atoms in total. The van der Waals surface area contributed by atoms with Crippen molar-refractivity contribution >= 4 is 41.1 Å². The van der Waals surface area contributed by atoms with Crippen LogP contribution in [0.1, 0.15) is 61.3 Å². The first kappa shape index (κ1) is 29.7. The van der Waals surface area contributed by atoms with Crippen LogP contribution in [0.5, 0.6) is 0 Å². The van der Waals surface area contributed by atoms with E-state index in [4.69, 9.17) is 0 Å². The van der Waals surface area contributed by atoms with E-state index in [0.717, 1.165) is 0 Å². The van der Waals surface area contributed by atoms with E-state index in [1.807, 2.05) is 0 Å². The molecule has 0 aromatic heterocycles. The second-order valence-electron chi connectivity index (χ2n) is 9.32. The molecule has 0 radical (unpaired) electrons. The Balaban J connectivity index is 3.07. The summed E-state index contributed by atoms with van der Waals surface area (Å²) in [6, 6.07) is -4.77. The summed E-state index contributed by atoms with van der Waals surface area (Å²) in [4.78, 5) is 86.7. The molecule has 1 heterocycles. The fraction of sp³-hybridized carbons (Fsp3) is 0.696. The van der Waals surface area contributed by atoms with Crippen LogP contribution in [-0.2, 0) is 33.6 Å². The number of ketones is 2. The molecular formula is C23H37N5O7. The van der Waals surface area contributed by atoms with E-state index in [9.17, 15) is 33.6 Å². The largest absolute Gasteiger partial charge is 0.345 e. The van der Waals surface area contributed by atoms with Gasteiger partial charge >= 0.3 is 0 Å². The van der Waals surface area contributed by atoms with Crippen molar-refractivity contribution in [2.45, 2.75) is 91.5 Å². The predicted octanol–water partition coefficient (Wildman–Crippen LogP) is -1.29. The number of rotatable bonds is 5. The van der Waals surface area contributed by atoms with Gasteiger partial charge in [-0.2, -0.15) is 0 Å². The lowest BCUT2D eigenvalue weighted by Gasteiger charge is -2.27. The van der Waals surface area contributed by atoms with E-state index >= 15 is 0 Å². The Morgan fingerprint density at radius 3 is 1.89 bits per heavy atom. The average Bonchev–Trinajstić information content (AvgIpc) is 2.75. The van der Waals surface area contributed by atoms with Crippen LogP contribution in [0.4, 0.5) is 0 Å². The minimum absolute atomic E-state index is 0.109. The molecule has 1 aliphatic rings. The van der Waals surface area contributed by atoms with Gasteiger partial charge in [0.25, 0.3) is 0 Å². The number of Topliss-reactive ketones (excluding diaryl/α,β-unsaturated/α-hetero) is 2. The summed E-state index contributed by atoms with van der Waals surface area (Å²) in [6.45, 7) is 10.3. The Morgan fingerprint density at radius 1 is 0.771 bits per heavy atom. The SMILES string of the molecule is CC(=O)N[C@@H](C)C(=O)N[C@@H](C)C(=O)N[C@H]1C(=O)C[C@@H](C)C(=O)N[C@@H](C)C(=O)N[C@@H](C)C(=O)C[C@H]1C. The fourth-order valence-electron chi connectivity index (χ4n) is 3.57. The molecule has 0 bridgehead atoms. The zero-order valence-corrected chi connectivity index (χ0v) is 21.3. The first-order valence-corrected chi connectivity index (χ1v) is 11.7. The maximum atomic E-state index is 13.1. The fourth-order valence-corrected chi connectivity index (χ4v) is 3.57. The Labute approximate surface area is 205 Å². The molecule has 1 rings (SSSR count). The summed E-state index contributed by atoms with van der Waals surface area (Å²) in [5, 5.41) is 12.5. The van der Waals surface area contributed by atoms with E-state index in [2.05, 4.69) is 26.6 Å². The van der Waals surface area contributed by atoms with Crippen molar-refractivity contribution in [3.05, 3.63) is 0 Å². The molecule has 12 heteroatoms. The second-order valence-corrected chi connectivity index (χ2v) is 9.32. The molecule has 35 heavy (non-hydrogen) atoms. The van der Waals surface area contributed by atoms with Gasteiger partial charge in [-0.3, -0.25) is 33.6 Å². The van der Waals surface area contributed by atoms with E-state index in [-0.39, 0.29) is 18.6 Å². The van der Waals surface area contributed by atoms with Crippen LogP contribution < -0.4 is 26.6 Å². The molecule has 0 aromatic carbocycles. The third kappa shape index (κ3) is 9.10. The average molecular weight is 496 g/mol. The molecule has 1 fully saturated rings. The molecule has 5 amide bonds. The highest BCUT2D eigenvalue weighted by Crippen LogP contribution is 2.17. The van der Waals surface area contributed by atoms with Gasteiger partial charge in [-0.25, -0.2) is 0 Å². The number of hydrogen-bond donors (Lipinski definition) is 5. The van der Waals surface area contributed by atoms with Gasteiger partial charge < -0.3 is 26.6 Å². The smallest absolute Gasteiger partial charge is 0.242 e. The van der Waals surface area contributed by atoms with E-state index < -0.39 is 77.4 Å². The molecule has 7 atom stereocenters. The third-order valence-corrected chi connectivity index (χ3v) is 5.85. The highest BCUT2D eigenvalue weighted by atomic mass is 16.2. The second kappa shape index (κ2) is 13.0. The molecule has 1 saturated heterocycles. The number of hydrogen-bond acceptors (Lipinski definition) is 7. The first-order chi connectivity index (χ1) is 16.1. The molecule has 0 spiro atoms. The highest BCUT2D eigenvalue weighted by molar-refractivity contribution is 5.97. The van der Waals surface area contributed by atoms with Gasteiger partial charge in [0.2, 0.25) is 29.5 Å². The van der Waals surface area contributed by atoms with Crippen molar-refractivity contribution in [2.75, 3.05) is 0 Å². The van der Waals surface area contributed by atoms with Crippen molar-refractivity contribution in [3.63, 3.8) is 0 Å². The first-order valence-electron chi connectivity index (χ1n) is 11.7. The van der Waals surface area contributed by atoms with Crippen LogP contribution in [-0.4, -0.2) is 71.3 Å². The summed E-state index contributed by atoms with van der Waals surface area (Å²) in [6.07, 6.45) is -0.331. The summed E-state index contributed by atoms with van der Waals surface area (Å²) < 4.78 is 0. The van der Waals surface area contributed by atoms with E-state index in [0.29, 0.717) is 0 Å². The normalized spacial score (nSPS) is 28.1. The van der Waals surface area contributed by atoms with Gasteiger partial charge in [-0.1, -0.05) is 13.8 Å². The third-order valence-electron chi connectivity index (χ3n) is 5.85. The molecule has 0 aromatic rings. The summed E-state index contributed by atoms with van der Waals surface area (Å²) in [5.41, 5.74) is 0. The lowest BCUT2D eigenvalue weighted by molar-refractivity contribution is -0.135. The van der Waals surface area contributed by atoms with Crippen LogP contribution in [0.3, 0.4) is 0 Å². The van der Waals surface area contributed by atoms with Crippen molar-refractivity contribution in [1.82, 2.24) is 26.6 Å². The molecule has 5 N–H and O–H groups in total. The van der Waals surface area contributed by atoms with Crippen LogP contribution in [0.25, 0.3) is 0 Å². The topological polar surface area (TPSA) is 180 Å². The van der Waals surface area contributed by atoms with Crippen molar-refractivity contribution < 1.29 is 33.6 Å². The lowest BCUT2D eigenvalue weighted by Crippen LogP contribution is -2.55. The Kier molecular flexibility index (Phi) is 11.0. The standard InChI is InChI=1S/C23H37N5O7/c1-10-8-17(30)12(3)25-22(34)14(5)26-20(32)11(2)9-18(31)19(10)28-23(35)15(6)27-21(33)13(4)24-16(7)29/h10-15,19H,8-9H2,1-7H3,(H,24,29)(H,25,34)(H,26,32)(H,27,33)(H,28,35)/t10-,11-,12+,13+,14+,15+,19-/m1/s1. The molecule has 1 aliphatic heterocycles. The number of carbonyl (C=O) groups excluding carboxylic acids is 7. The predicted molar refractivity (Wildman–Crippen MR) is 126 cm³/mol. The Hall–Kier alpha value is -3.31. The minimum Gasteiger partial charge on any atom is -0.345 e. The van der Waals surface area contributed by atoms with Gasteiger partial charge in [-0.05, 0) is 33.6 Å². The lowest BCUT2D eigenvalue weighted by atomic mass is 9.87. The van der Waals surface area contributed by atoms with E-state index in [1.165, 1.54) is 41.5 Å². The Morgan fingerprint density at radius 2 is 1.31 bits per heavy atom. The maximum Gasteiger partial charge on any atom is 0.242 e. The van der Waals surface area contributed by atoms with E-state index in [1.54, 1.807) is 6.92 Å². The molecule has 0 saturated carbocycles. The van der Waals surface area contributed by atoms with Crippen LogP contribution >= 0.6 is 0 Å². The summed E-state index contributed by atoms with van der Waals surface area (Å²) in [7, 11) is 0. The van der Waals surface area contributed by atoms with Gasteiger partial charge in [0.15, 0.2) is 11.6 Å². The van der Waals surface area contributed by atoms with Gasteiger partial charge in [0.1, 0.15) is 18.1 Å². The molecule has 0 aliphatic carbocycles. The van der Waals surface area contributed by atoms with Crippen molar-refractivity contribution in [3.8, 4) is 0 Å². The zero-order chi connectivity index (χ0) is 27.0. The minimum atomic E-state index is -1.10. The van der Waals surface area contributed by atoms with Crippen molar-refractivity contribution in [2.24, 2.45) is 11.8 Å². The molecule has 0 unspecified atom stereocenters. The van der Waals surface area contributed by atoms with Crippen LogP contribution in [0, 0.1) is 11.8 Å². The monoisotopic (exact) mass is 495 g/mol. The number of carbonyl (C=O) groups is 7. The van der Waals surface area contributed by atoms with Crippen molar-refractivity contribution in [1.29, 1.82) is 0 Å². The summed E-state index contributed by atoms with van der Waals surface area (Å²) >= 11 is 0. The maximum absolute atomic E-state index is 13.1. The molecule has 196 valence electrons. The Bertz CT molecular complexity index is 874.